The van der Waals surface area contributed by atoms with Crippen LogP contribution in [-0.4, -0.2) is 9.55 Å². The summed E-state index contributed by atoms with van der Waals surface area (Å²) in [4.78, 5) is 4.30. The molecule has 0 spiro atoms. The molecule has 1 heterocycles. The Morgan fingerprint density at radius 1 is 1.35 bits per heavy atom. The van der Waals surface area contributed by atoms with Gasteiger partial charge in [0.15, 0.2) is 0 Å². The number of benzene rings is 1. The number of halogens is 1. The number of imidazole rings is 1. The molecular weight excluding hydrogens is 234 g/mol. The lowest BCUT2D eigenvalue weighted by Gasteiger charge is -2.13. The molecular formula is C13H16ClN3. The van der Waals surface area contributed by atoms with Gasteiger partial charge in [0.1, 0.15) is 0 Å². The minimum Gasteiger partial charge on any atom is -0.324 e. The zero-order valence-corrected chi connectivity index (χ0v) is 11.0. The summed E-state index contributed by atoms with van der Waals surface area (Å²) in [7, 11) is 0. The Labute approximate surface area is 106 Å². The second-order valence-corrected chi connectivity index (χ2v) is 4.77. The van der Waals surface area contributed by atoms with Crippen LogP contribution in [0, 0.1) is 6.92 Å². The molecule has 17 heavy (non-hydrogen) atoms. The third-order valence-electron chi connectivity index (χ3n) is 2.59. The molecule has 1 aromatic carbocycles. The van der Waals surface area contributed by atoms with Crippen LogP contribution in [-0.2, 0) is 0 Å². The molecule has 0 aliphatic heterocycles. The van der Waals surface area contributed by atoms with Crippen LogP contribution >= 0.6 is 11.6 Å². The zero-order valence-electron chi connectivity index (χ0n) is 10.2. The number of rotatable bonds is 3. The first-order valence-corrected chi connectivity index (χ1v) is 6.01. The van der Waals surface area contributed by atoms with Gasteiger partial charge in [-0.2, -0.15) is 0 Å². The summed E-state index contributed by atoms with van der Waals surface area (Å²) in [5.74, 6) is 0.813. The highest BCUT2D eigenvalue weighted by molar-refractivity contribution is 6.33. The van der Waals surface area contributed by atoms with Crippen LogP contribution in [0.5, 0.6) is 0 Å². The molecule has 3 nitrogen and oxygen atoms in total. The Balaban J connectivity index is 2.31. The van der Waals surface area contributed by atoms with E-state index in [2.05, 4.69) is 28.7 Å². The smallest absolute Gasteiger partial charge is 0.207 e. The average molecular weight is 250 g/mol. The molecule has 0 radical (unpaired) electrons. The lowest BCUT2D eigenvalue weighted by atomic mass is 10.2. The van der Waals surface area contributed by atoms with Crippen molar-refractivity contribution in [2.45, 2.75) is 26.8 Å². The first kappa shape index (κ1) is 12.0. The minimum atomic E-state index is 0.364. The molecule has 4 heteroatoms. The topological polar surface area (TPSA) is 29.9 Å². The van der Waals surface area contributed by atoms with E-state index in [1.807, 2.05) is 31.3 Å². The molecule has 0 fully saturated rings. The predicted octanol–water partition coefficient (Wildman–Crippen LogP) is 4.17. The highest BCUT2D eigenvalue weighted by atomic mass is 35.5. The van der Waals surface area contributed by atoms with Gasteiger partial charge in [-0.1, -0.05) is 17.7 Å². The first-order chi connectivity index (χ1) is 8.08. The van der Waals surface area contributed by atoms with Crippen molar-refractivity contribution in [1.29, 1.82) is 0 Å². The minimum absolute atomic E-state index is 0.364. The van der Waals surface area contributed by atoms with Crippen LogP contribution in [0.4, 0.5) is 11.6 Å². The maximum absolute atomic E-state index is 6.15. The third-order valence-corrected chi connectivity index (χ3v) is 2.92. The van der Waals surface area contributed by atoms with Crippen molar-refractivity contribution in [3.05, 3.63) is 41.2 Å². The summed E-state index contributed by atoms with van der Waals surface area (Å²) in [6, 6.07) is 6.26. The normalized spacial score (nSPS) is 10.9. The number of aromatic nitrogens is 2. The van der Waals surface area contributed by atoms with Gasteiger partial charge in [-0.3, -0.25) is 0 Å². The SMILES string of the molecule is Cc1ccc(Cl)c(Nc2nccn2C(C)C)c1. The van der Waals surface area contributed by atoms with Crippen LogP contribution in [0.3, 0.4) is 0 Å². The highest BCUT2D eigenvalue weighted by Crippen LogP contribution is 2.26. The van der Waals surface area contributed by atoms with E-state index in [0.717, 1.165) is 11.6 Å². The zero-order chi connectivity index (χ0) is 12.4. The van der Waals surface area contributed by atoms with Gasteiger partial charge in [-0.05, 0) is 38.5 Å². The van der Waals surface area contributed by atoms with Crippen molar-refractivity contribution < 1.29 is 0 Å². The Kier molecular flexibility index (Phi) is 3.38. The maximum atomic E-state index is 6.15. The molecule has 1 aromatic heterocycles. The van der Waals surface area contributed by atoms with Gasteiger partial charge in [0.2, 0.25) is 5.95 Å². The van der Waals surface area contributed by atoms with Gasteiger partial charge in [0.05, 0.1) is 10.7 Å². The summed E-state index contributed by atoms with van der Waals surface area (Å²) >= 11 is 6.15. The van der Waals surface area contributed by atoms with Crippen molar-refractivity contribution in [1.82, 2.24) is 9.55 Å². The van der Waals surface area contributed by atoms with Crippen molar-refractivity contribution in [3.63, 3.8) is 0 Å². The van der Waals surface area contributed by atoms with Crippen LogP contribution in [0.1, 0.15) is 25.5 Å². The average Bonchev–Trinajstić information content (AvgIpc) is 2.71. The largest absolute Gasteiger partial charge is 0.324 e. The van der Waals surface area contributed by atoms with Crippen LogP contribution in [0.15, 0.2) is 30.6 Å². The first-order valence-electron chi connectivity index (χ1n) is 5.64. The van der Waals surface area contributed by atoms with E-state index in [1.54, 1.807) is 6.20 Å². The molecule has 90 valence electrons. The Morgan fingerprint density at radius 3 is 2.82 bits per heavy atom. The van der Waals surface area contributed by atoms with Gasteiger partial charge < -0.3 is 9.88 Å². The summed E-state index contributed by atoms with van der Waals surface area (Å²) in [6.07, 6.45) is 3.74. The third kappa shape index (κ3) is 2.61. The van der Waals surface area contributed by atoms with E-state index < -0.39 is 0 Å². The fraction of sp³-hybridized carbons (Fsp3) is 0.308. The van der Waals surface area contributed by atoms with Crippen molar-refractivity contribution in [2.24, 2.45) is 0 Å². The molecule has 0 saturated carbocycles. The molecule has 0 aliphatic rings. The highest BCUT2D eigenvalue weighted by Gasteiger charge is 2.08. The monoisotopic (exact) mass is 249 g/mol. The van der Waals surface area contributed by atoms with Crippen molar-refractivity contribution >= 4 is 23.2 Å². The van der Waals surface area contributed by atoms with Gasteiger partial charge in [-0.25, -0.2) is 4.98 Å². The fourth-order valence-electron chi connectivity index (χ4n) is 1.68. The van der Waals surface area contributed by atoms with E-state index in [4.69, 9.17) is 11.6 Å². The molecule has 0 atom stereocenters. The maximum Gasteiger partial charge on any atom is 0.207 e. The van der Waals surface area contributed by atoms with Crippen LogP contribution in [0.25, 0.3) is 0 Å². The summed E-state index contributed by atoms with van der Waals surface area (Å²) in [5, 5.41) is 3.97. The summed E-state index contributed by atoms with van der Waals surface area (Å²) in [6.45, 7) is 6.27. The standard InChI is InChI=1S/C13H16ClN3/c1-9(2)17-7-6-15-13(17)16-12-8-10(3)4-5-11(12)14/h4-9H,1-3H3,(H,15,16). The van der Waals surface area contributed by atoms with Crippen molar-refractivity contribution in [3.8, 4) is 0 Å². The lowest BCUT2D eigenvalue weighted by Crippen LogP contribution is -2.05. The number of anilines is 2. The number of aryl methyl sites for hydroxylation is 1. The van der Waals surface area contributed by atoms with E-state index in [-0.39, 0.29) is 0 Å². The number of nitrogens with one attached hydrogen (secondary N) is 1. The lowest BCUT2D eigenvalue weighted by molar-refractivity contribution is 0.608. The van der Waals surface area contributed by atoms with Gasteiger partial charge in [0, 0.05) is 18.4 Å². The molecule has 2 aromatic rings. The summed E-state index contributed by atoms with van der Waals surface area (Å²) in [5.41, 5.74) is 2.05. The number of hydrogen-bond acceptors (Lipinski definition) is 2. The summed E-state index contributed by atoms with van der Waals surface area (Å²) < 4.78 is 2.07. The molecule has 0 amide bonds. The Bertz CT molecular complexity index is 517. The fourth-order valence-corrected chi connectivity index (χ4v) is 1.85. The number of nitrogens with zero attached hydrogens (tertiary/aromatic N) is 2. The quantitative estimate of drug-likeness (QED) is 0.885. The predicted molar refractivity (Wildman–Crippen MR) is 72.1 cm³/mol. The Morgan fingerprint density at radius 2 is 2.12 bits per heavy atom. The molecule has 0 bridgehead atoms. The molecule has 0 unspecified atom stereocenters. The van der Waals surface area contributed by atoms with Crippen molar-refractivity contribution in [2.75, 3.05) is 5.32 Å². The van der Waals surface area contributed by atoms with Crippen LogP contribution < -0.4 is 5.32 Å². The Hall–Kier alpha value is -1.48. The second kappa shape index (κ2) is 4.80. The van der Waals surface area contributed by atoms with Gasteiger partial charge in [0.25, 0.3) is 0 Å². The van der Waals surface area contributed by atoms with Crippen LogP contribution in [0.2, 0.25) is 5.02 Å². The molecule has 0 aliphatic carbocycles. The van der Waals surface area contributed by atoms with E-state index in [1.165, 1.54) is 5.56 Å². The molecule has 0 saturated heterocycles. The number of hydrogen-bond donors (Lipinski definition) is 1. The van der Waals surface area contributed by atoms with E-state index in [9.17, 15) is 0 Å². The van der Waals surface area contributed by atoms with E-state index >= 15 is 0 Å². The van der Waals surface area contributed by atoms with E-state index in [0.29, 0.717) is 11.1 Å². The van der Waals surface area contributed by atoms with Gasteiger partial charge in [-0.15, -0.1) is 0 Å². The molecule has 2 rings (SSSR count). The second-order valence-electron chi connectivity index (χ2n) is 4.36. The van der Waals surface area contributed by atoms with Gasteiger partial charge >= 0.3 is 0 Å². The molecule has 1 N–H and O–H groups in total.